The molecule has 1 amide bonds. The van der Waals surface area contributed by atoms with Crippen molar-refractivity contribution in [3.05, 3.63) is 77.6 Å². The Kier molecular flexibility index (Phi) is 8.86. The third kappa shape index (κ3) is 6.49. The number of anilines is 2. The van der Waals surface area contributed by atoms with Gasteiger partial charge >= 0.3 is 0 Å². The Hall–Kier alpha value is -3.81. The molecule has 210 valence electrons. The summed E-state index contributed by atoms with van der Waals surface area (Å²) in [6.45, 7) is 10.5. The zero-order valence-corrected chi connectivity index (χ0v) is 24.5. The van der Waals surface area contributed by atoms with Crippen LogP contribution in [-0.2, 0) is 4.79 Å². The lowest BCUT2D eigenvalue weighted by Crippen LogP contribution is -2.53. The Labute approximate surface area is 241 Å². The summed E-state index contributed by atoms with van der Waals surface area (Å²) in [5, 5.41) is 11.8. The summed E-state index contributed by atoms with van der Waals surface area (Å²) in [7, 11) is 3.71. The van der Waals surface area contributed by atoms with E-state index < -0.39 is 0 Å². The molecule has 40 heavy (non-hydrogen) atoms. The van der Waals surface area contributed by atoms with Gasteiger partial charge in [-0.15, -0.1) is 0 Å². The number of phenolic OH excluding ortho intramolecular Hbond substituents is 1. The summed E-state index contributed by atoms with van der Waals surface area (Å²) in [6.07, 6.45) is 4.81. The third-order valence-electron chi connectivity index (χ3n) is 7.19. The fraction of sp³-hybridized carbons (Fsp3) is 0.312. The Morgan fingerprint density at radius 2 is 1.52 bits per heavy atom. The van der Waals surface area contributed by atoms with Crippen molar-refractivity contribution in [3.8, 4) is 28.0 Å². The van der Waals surface area contributed by atoms with Gasteiger partial charge < -0.3 is 14.9 Å². The molecule has 1 aliphatic heterocycles. The number of nitrogens with zero attached hydrogens (tertiary/aromatic N) is 4. The number of halogens is 1. The summed E-state index contributed by atoms with van der Waals surface area (Å²) >= 11 is 6.59. The van der Waals surface area contributed by atoms with E-state index in [0.717, 1.165) is 43.7 Å². The van der Waals surface area contributed by atoms with Gasteiger partial charge in [-0.3, -0.25) is 19.4 Å². The van der Waals surface area contributed by atoms with Gasteiger partial charge in [0.2, 0.25) is 6.41 Å². The van der Waals surface area contributed by atoms with E-state index in [1.54, 1.807) is 42.7 Å². The molecule has 1 heterocycles. The third-order valence-corrected chi connectivity index (χ3v) is 7.50. The number of phenols is 1. The van der Waals surface area contributed by atoms with Crippen LogP contribution in [0.5, 0.6) is 5.75 Å². The van der Waals surface area contributed by atoms with Crippen LogP contribution in [0.2, 0.25) is 5.02 Å². The molecule has 3 aromatic rings. The second-order valence-corrected chi connectivity index (χ2v) is 11.6. The highest BCUT2D eigenvalue weighted by Crippen LogP contribution is 2.42. The number of aromatic hydroxyl groups is 1. The van der Waals surface area contributed by atoms with Crippen molar-refractivity contribution >= 4 is 35.7 Å². The van der Waals surface area contributed by atoms with E-state index in [0.29, 0.717) is 39.4 Å². The lowest BCUT2D eigenvalue weighted by atomic mass is 9.94. The molecule has 0 spiro atoms. The molecule has 3 aromatic carbocycles. The van der Waals surface area contributed by atoms with E-state index in [-0.39, 0.29) is 11.3 Å². The molecular formula is C32H37ClN4O3. The largest absolute Gasteiger partial charge is 0.507 e. The maximum Gasteiger partial charge on any atom is 0.218 e. The summed E-state index contributed by atoms with van der Waals surface area (Å²) < 4.78 is 0. The van der Waals surface area contributed by atoms with E-state index in [2.05, 4.69) is 42.7 Å². The zero-order valence-electron chi connectivity index (χ0n) is 23.8. The Bertz CT molecular complexity index is 1410. The number of amides is 1. The van der Waals surface area contributed by atoms with Crippen molar-refractivity contribution < 1.29 is 14.7 Å². The molecule has 1 fully saturated rings. The van der Waals surface area contributed by atoms with Crippen LogP contribution in [0.4, 0.5) is 11.4 Å². The standard InChI is InChI=1S/C32H37ClN4O3/c1-32(2,3)37-15-13-35(14-16-37)26-8-6-7-24(19-26)27-17-23(21-38)18-28(31(27)40)25-9-10-30(29(33)20-25)36(22-39)12-11-34(4)5/h6-12,17-22,40H,13-16H2,1-5H3/b12-11-. The van der Waals surface area contributed by atoms with E-state index in [9.17, 15) is 14.7 Å². The van der Waals surface area contributed by atoms with Crippen LogP contribution in [0.1, 0.15) is 31.1 Å². The highest BCUT2D eigenvalue weighted by molar-refractivity contribution is 6.34. The van der Waals surface area contributed by atoms with Gasteiger partial charge in [0, 0.05) is 80.6 Å². The molecular weight excluding hydrogens is 524 g/mol. The smallest absolute Gasteiger partial charge is 0.218 e. The van der Waals surface area contributed by atoms with Gasteiger partial charge in [0.1, 0.15) is 12.0 Å². The van der Waals surface area contributed by atoms with E-state index in [1.165, 1.54) is 4.90 Å². The average Bonchev–Trinajstić information content (AvgIpc) is 2.93. The first kappa shape index (κ1) is 29.2. The van der Waals surface area contributed by atoms with Crippen LogP contribution in [0.15, 0.2) is 67.0 Å². The number of carbonyl (C=O) groups excluding carboxylic acids is 2. The lowest BCUT2D eigenvalue weighted by Gasteiger charge is -2.43. The zero-order chi connectivity index (χ0) is 29.0. The molecule has 0 aliphatic carbocycles. The first-order valence-corrected chi connectivity index (χ1v) is 13.7. The van der Waals surface area contributed by atoms with Crippen molar-refractivity contribution in [1.82, 2.24) is 9.80 Å². The normalized spacial score (nSPS) is 14.4. The molecule has 0 unspecified atom stereocenters. The van der Waals surface area contributed by atoms with Crippen molar-refractivity contribution in [1.29, 1.82) is 0 Å². The van der Waals surface area contributed by atoms with Gasteiger partial charge in [-0.2, -0.15) is 0 Å². The van der Waals surface area contributed by atoms with Gasteiger partial charge in [-0.05, 0) is 68.3 Å². The first-order valence-electron chi connectivity index (χ1n) is 13.3. The van der Waals surface area contributed by atoms with Gasteiger partial charge in [-0.1, -0.05) is 29.8 Å². The molecule has 1 saturated heterocycles. The minimum absolute atomic E-state index is 0.0591. The number of piperazine rings is 1. The van der Waals surface area contributed by atoms with Crippen LogP contribution in [-0.4, -0.2) is 73.4 Å². The minimum Gasteiger partial charge on any atom is -0.507 e. The summed E-state index contributed by atoms with van der Waals surface area (Å²) in [5.41, 5.74) is 4.67. The number of rotatable bonds is 8. The fourth-order valence-corrected chi connectivity index (χ4v) is 5.21. The van der Waals surface area contributed by atoms with Crippen LogP contribution in [0.25, 0.3) is 22.3 Å². The lowest BCUT2D eigenvalue weighted by molar-refractivity contribution is -0.107. The highest BCUT2D eigenvalue weighted by Gasteiger charge is 2.26. The van der Waals surface area contributed by atoms with E-state index >= 15 is 0 Å². The van der Waals surface area contributed by atoms with Crippen molar-refractivity contribution in [2.75, 3.05) is 50.1 Å². The van der Waals surface area contributed by atoms with Crippen LogP contribution >= 0.6 is 11.6 Å². The highest BCUT2D eigenvalue weighted by atomic mass is 35.5. The SMILES string of the molecule is CN(C)/C=C\N(C=O)c1ccc(-c2cc(C=O)cc(-c3cccc(N4CCN(C(C)(C)C)CC4)c3)c2O)cc1Cl. The summed E-state index contributed by atoms with van der Waals surface area (Å²) in [5.74, 6) is 0.0591. The Morgan fingerprint density at radius 3 is 2.08 bits per heavy atom. The van der Waals surface area contributed by atoms with Gasteiger partial charge in [0.15, 0.2) is 0 Å². The molecule has 0 atom stereocenters. The van der Waals surface area contributed by atoms with Gasteiger partial charge in [0.05, 0.1) is 10.7 Å². The quantitative estimate of drug-likeness (QED) is 0.335. The van der Waals surface area contributed by atoms with Crippen molar-refractivity contribution in [3.63, 3.8) is 0 Å². The molecule has 0 saturated carbocycles. The Balaban J connectivity index is 1.68. The van der Waals surface area contributed by atoms with Crippen molar-refractivity contribution in [2.45, 2.75) is 26.3 Å². The topological polar surface area (TPSA) is 67.3 Å². The van der Waals surface area contributed by atoms with E-state index in [1.807, 2.05) is 31.1 Å². The molecule has 4 rings (SSSR count). The predicted octanol–water partition coefficient (Wildman–Crippen LogP) is 6.11. The number of aldehydes is 1. The number of hydrogen-bond acceptors (Lipinski definition) is 6. The van der Waals surface area contributed by atoms with E-state index in [4.69, 9.17) is 11.6 Å². The number of hydrogen-bond donors (Lipinski definition) is 1. The molecule has 8 heteroatoms. The molecule has 0 bridgehead atoms. The van der Waals surface area contributed by atoms with Gasteiger partial charge in [0.25, 0.3) is 0 Å². The minimum atomic E-state index is 0.0591. The molecule has 1 N–H and O–H groups in total. The fourth-order valence-electron chi connectivity index (χ4n) is 4.93. The molecule has 1 aliphatic rings. The average molecular weight is 561 g/mol. The van der Waals surface area contributed by atoms with Crippen LogP contribution in [0, 0.1) is 0 Å². The Morgan fingerprint density at radius 1 is 0.875 bits per heavy atom. The first-order chi connectivity index (χ1) is 19.0. The molecule has 0 aromatic heterocycles. The second kappa shape index (κ2) is 12.1. The van der Waals surface area contributed by atoms with Crippen LogP contribution in [0.3, 0.4) is 0 Å². The van der Waals surface area contributed by atoms with Crippen molar-refractivity contribution in [2.24, 2.45) is 0 Å². The van der Waals surface area contributed by atoms with Crippen LogP contribution < -0.4 is 9.80 Å². The summed E-state index contributed by atoms with van der Waals surface area (Å²) in [4.78, 5) is 31.6. The predicted molar refractivity (Wildman–Crippen MR) is 164 cm³/mol. The maximum atomic E-state index is 11.9. The molecule has 7 nitrogen and oxygen atoms in total. The maximum absolute atomic E-state index is 11.9. The van der Waals surface area contributed by atoms with Gasteiger partial charge in [-0.25, -0.2) is 0 Å². The molecule has 0 radical (unpaired) electrons. The second-order valence-electron chi connectivity index (χ2n) is 11.2. The summed E-state index contributed by atoms with van der Waals surface area (Å²) in [6, 6.07) is 16.6. The number of carbonyl (C=O) groups is 2. The number of benzene rings is 3. The monoisotopic (exact) mass is 560 g/mol.